The average molecular weight is 199 g/mol. The van der Waals surface area contributed by atoms with Gasteiger partial charge in [0.05, 0.1) is 0 Å². The van der Waals surface area contributed by atoms with Gasteiger partial charge < -0.3 is 10.0 Å². The minimum atomic E-state index is -0.731. The molecule has 82 valence electrons. The maximum absolute atomic E-state index is 11.0. The first kappa shape index (κ1) is 11.3. The second-order valence-corrected chi connectivity index (χ2v) is 4.12. The Morgan fingerprint density at radius 1 is 1.36 bits per heavy atom. The standard InChI is InChI=1S/C11H21NO2/c1-2-3-9-12(11(13)14)10-7-5-4-6-8-10/h10H,2-9H2,1H3,(H,13,14). The van der Waals surface area contributed by atoms with E-state index in [-0.39, 0.29) is 0 Å². The highest BCUT2D eigenvalue weighted by molar-refractivity contribution is 5.65. The van der Waals surface area contributed by atoms with E-state index in [0.29, 0.717) is 6.04 Å². The predicted molar refractivity (Wildman–Crippen MR) is 56.5 cm³/mol. The Bertz CT molecular complexity index is 176. The van der Waals surface area contributed by atoms with Crippen molar-refractivity contribution in [3.63, 3.8) is 0 Å². The third kappa shape index (κ3) is 3.20. The molecule has 0 aliphatic heterocycles. The van der Waals surface area contributed by atoms with E-state index in [9.17, 15) is 4.79 Å². The quantitative estimate of drug-likeness (QED) is 0.755. The second-order valence-electron chi connectivity index (χ2n) is 4.12. The van der Waals surface area contributed by atoms with Gasteiger partial charge in [-0.3, -0.25) is 0 Å². The van der Waals surface area contributed by atoms with Crippen LogP contribution in [0.15, 0.2) is 0 Å². The number of rotatable bonds is 4. The Morgan fingerprint density at radius 3 is 2.50 bits per heavy atom. The summed E-state index contributed by atoms with van der Waals surface area (Å²) in [5, 5.41) is 9.08. The fourth-order valence-corrected chi connectivity index (χ4v) is 2.16. The predicted octanol–water partition coefficient (Wildman–Crippen LogP) is 3.10. The number of hydrogen-bond acceptors (Lipinski definition) is 1. The van der Waals surface area contributed by atoms with Crippen LogP contribution in [-0.2, 0) is 0 Å². The van der Waals surface area contributed by atoms with Crippen molar-refractivity contribution in [1.82, 2.24) is 4.90 Å². The number of amides is 1. The lowest BCUT2D eigenvalue weighted by atomic mass is 9.94. The summed E-state index contributed by atoms with van der Waals surface area (Å²) in [4.78, 5) is 12.7. The van der Waals surface area contributed by atoms with Crippen LogP contribution in [0.2, 0.25) is 0 Å². The van der Waals surface area contributed by atoms with Crippen LogP contribution in [0.5, 0.6) is 0 Å². The van der Waals surface area contributed by atoms with Gasteiger partial charge in [-0.15, -0.1) is 0 Å². The SMILES string of the molecule is CCCCN(C(=O)O)C1CCCCC1. The van der Waals surface area contributed by atoms with E-state index in [1.807, 2.05) is 0 Å². The highest BCUT2D eigenvalue weighted by Gasteiger charge is 2.23. The van der Waals surface area contributed by atoms with Crippen LogP contribution in [0, 0.1) is 0 Å². The van der Waals surface area contributed by atoms with Gasteiger partial charge in [-0.25, -0.2) is 4.79 Å². The summed E-state index contributed by atoms with van der Waals surface area (Å²) in [6.07, 6.45) is 7.12. The summed E-state index contributed by atoms with van der Waals surface area (Å²) < 4.78 is 0. The molecule has 0 aromatic carbocycles. The van der Waals surface area contributed by atoms with Gasteiger partial charge in [0.15, 0.2) is 0 Å². The van der Waals surface area contributed by atoms with Crippen molar-refractivity contribution in [2.45, 2.75) is 57.9 Å². The van der Waals surface area contributed by atoms with Crippen LogP contribution in [0.3, 0.4) is 0 Å². The van der Waals surface area contributed by atoms with E-state index in [0.717, 1.165) is 32.2 Å². The van der Waals surface area contributed by atoms with Gasteiger partial charge in [0.2, 0.25) is 0 Å². The molecule has 3 heteroatoms. The molecule has 1 N–H and O–H groups in total. The number of unbranched alkanes of at least 4 members (excludes halogenated alkanes) is 1. The first-order valence-electron chi connectivity index (χ1n) is 5.75. The molecule has 0 atom stereocenters. The molecule has 1 rings (SSSR count). The van der Waals surface area contributed by atoms with Crippen molar-refractivity contribution in [1.29, 1.82) is 0 Å². The monoisotopic (exact) mass is 199 g/mol. The lowest BCUT2D eigenvalue weighted by Crippen LogP contribution is -2.41. The van der Waals surface area contributed by atoms with Crippen molar-refractivity contribution >= 4 is 6.09 Å². The van der Waals surface area contributed by atoms with Gasteiger partial charge in [0.1, 0.15) is 0 Å². The first-order valence-corrected chi connectivity index (χ1v) is 5.75. The Balaban J connectivity index is 2.43. The Labute approximate surface area is 86.1 Å². The molecule has 1 aliphatic carbocycles. The molecule has 0 heterocycles. The molecule has 1 amide bonds. The number of carbonyl (C=O) groups is 1. The fraction of sp³-hybridized carbons (Fsp3) is 0.909. The average Bonchev–Trinajstić information content (AvgIpc) is 2.19. The van der Waals surface area contributed by atoms with Gasteiger partial charge in [0, 0.05) is 12.6 Å². The number of nitrogens with zero attached hydrogens (tertiary/aromatic N) is 1. The number of carboxylic acid groups (broad SMARTS) is 1. The van der Waals surface area contributed by atoms with Gasteiger partial charge in [-0.05, 0) is 19.3 Å². The summed E-state index contributed by atoms with van der Waals surface area (Å²) in [5.41, 5.74) is 0. The van der Waals surface area contributed by atoms with Crippen LogP contribution in [0.4, 0.5) is 4.79 Å². The third-order valence-electron chi connectivity index (χ3n) is 3.01. The smallest absolute Gasteiger partial charge is 0.407 e. The fourth-order valence-electron chi connectivity index (χ4n) is 2.16. The van der Waals surface area contributed by atoms with Crippen molar-refractivity contribution in [3.05, 3.63) is 0 Å². The van der Waals surface area contributed by atoms with E-state index >= 15 is 0 Å². The first-order chi connectivity index (χ1) is 6.75. The van der Waals surface area contributed by atoms with Crippen LogP contribution < -0.4 is 0 Å². The van der Waals surface area contributed by atoms with E-state index < -0.39 is 6.09 Å². The van der Waals surface area contributed by atoms with Gasteiger partial charge in [-0.1, -0.05) is 32.6 Å². The van der Waals surface area contributed by atoms with Gasteiger partial charge in [-0.2, -0.15) is 0 Å². The van der Waals surface area contributed by atoms with Crippen molar-refractivity contribution < 1.29 is 9.90 Å². The topological polar surface area (TPSA) is 40.5 Å². The molecule has 1 saturated carbocycles. The zero-order valence-corrected chi connectivity index (χ0v) is 9.04. The lowest BCUT2D eigenvalue weighted by molar-refractivity contribution is 0.110. The summed E-state index contributed by atoms with van der Waals surface area (Å²) in [6.45, 7) is 2.82. The zero-order valence-electron chi connectivity index (χ0n) is 9.04. The summed E-state index contributed by atoms with van der Waals surface area (Å²) in [6, 6.07) is 0.299. The minimum absolute atomic E-state index is 0.299. The van der Waals surface area contributed by atoms with Crippen molar-refractivity contribution in [3.8, 4) is 0 Å². The lowest BCUT2D eigenvalue weighted by Gasteiger charge is -2.32. The zero-order chi connectivity index (χ0) is 10.4. The molecule has 1 fully saturated rings. The van der Waals surface area contributed by atoms with E-state index in [1.54, 1.807) is 4.90 Å². The van der Waals surface area contributed by atoms with Crippen molar-refractivity contribution in [2.75, 3.05) is 6.54 Å². The Morgan fingerprint density at radius 2 is 2.00 bits per heavy atom. The van der Waals surface area contributed by atoms with E-state index in [2.05, 4.69) is 6.92 Å². The highest BCUT2D eigenvalue weighted by atomic mass is 16.4. The number of hydrogen-bond donors (Lipinski definition) is 1. The largest absolute Gasteiger partial charge is 0.465 e. The molecule has 0 unspecified atom stereocenters. The van der Waals surface area contributed by atoms with E-state index in [4.69, 9.17) is 5.11 Å². The van der Waals surface area contributed by atoms with Crippen LogP contribution in [0.25, 0.3) is 0 Å². The molecule has 0 saturated heterocycles. The molecular weight excluding hydrogens is 178 g/mol. The summed E-state index contributed by atoms with van der Waals surface area (Å²) in [7, 11) is 0. The van der Waals surface area contributed by atoms with Crippen LogP contribution in [0.1, 0.15) is 51.9 Å². The Kier molecular flexibility index (Phi) is 4.77. The molecule has 1 aliphatic rings. The maximum atomic E-state index is 11.0. The Hall–Kier alpha value is -0.730. The summed E-state index contributed by atoms with van der Waals surface area (Å²) in [5.74, 6) is 0. The molecule has 0 aromatic heterocycles. The van der Waals surface area contributed by atoms with Gasteiger partial charge >= 0.3 is 6.09 Å². The molecule has 0 radical (unpaired) electrons. The van der Waals surface area contributed by atoms with Crippen molar-refractivity contribution in [2.24, 2.45) is 0 Å². The second kappa shape index (κ2) is 5.89. The molecule has 0 spiro atoms. The third-order valence-corrected chi connectivity index (χ3v) is 3.01. The maximum Gasteiger partial charge on any atom is 0.407 e. The summed E-state index contributed by atoms with van der Waals surface area (Å²) >= 11 is 0. The molecule has 0 aromatic rings. The molecule has 0 bridgehead atoms. The highest BCUT2D eigenvalue weighted by Crippen LogP contribution is 2.22. The van der Waals surface area contributed by atoms with E-state index in [1.165, 1.54) is 19.3 Å². The normalized spacial score (nSPS) is 18.1. The van der Waals surface area contributed by atoms with Crippen LogP contribution >= 0.6 is 0 Å². The minimum Gasteiger partial charge on any atom is -0.465 e. The van der Waals surface area contributed by atoms with Crippen LogP contribution in [-0.4, -0.2) is 28.7 Å². The van der Waals surface area contributed by atoms with Gasteiger partial charge in [0.25, 0.3) is 0 Å². The molecule has 3 nitrogen and oxygen atoms in total. The molecular formula is C11H21NO2. The molecule has 14 heavy (non-hydrogen) atoms.